The number of ether oxygens (including phenoxy) is 2. The molecule has 1 heterocycles. The van der Waals surface area contributed by atoms with E-state index in [-0.39, 0.29) is 12.7 Å². The standard InChI is InChI=1S/C18H19ClN2O3/c1-21(10-14-3-2-4-15(19)7-14)11-18(22)20-9-13-5-6-16-17(8-13)24-12-23-16/h2-8H,9-12H2,1H3,(H,20,22)/p+1. The van der Waals surface area contributed by atoms with Gasteiger partial charge in [-0.15, -0.1) is 0 Å². The minimum atomic E-state index is 0.00666. The SMILES string of the molecule is C[NH+](CC(=O)NCc1ccc2c(c1)OCO2)Cc1cccc(Cl)c1. The second kappa shape index (κ2) is 7.55. The van der Waals surface area contributed by atoms with E-state index in [1.165, 1.54) is 0 Å². The van der Waals surface area contributed by atoms with E-state index in [4.69, 9.17) is 21.1 Å². The van der Waals surface area contributed by atoms with Gasteiger partial charge in [-0.2, -0.15) is 0 Å². The van der Waals surface area contributed by atoms with Crippen LogP contribution in [0.3, 0.4) is 0 Å². The van der Waals surface area contributed by atoms with Crippen LogP contribution in [0.2, 0.25) is 5.02 Å². The van der Waals surface area contributed by atoms with E-state index in [0.717, 1.165) is 34.1 Å². The van der Waals surface area contributed by atoms with Crippen LogP contribution in [0.25, 0.3) is 0 Å². The quantitative estimate of drug-likeness (QED) is 0.830. The molecule has 1 atom stereocenters. The molecule has 2 aromatic carbocycles. The van der Waals surface area contributed by atoms with Crippen LogP contribution in [0.5, 0.6) is 11.5 Å². The Morgan fingerprint density at radius 1 is 1.17 bits per heavy atom. The fourth-order valence-electron chi connectivity index (χ4n) is 2.65. The van der Waals surface area contributed by atoms with Crippen LogP contribution in [-0.4, -0.2) is 26.3 Å². The van der Waals surface area contributed by atoms with Gasteiger partial charge in [0, 0.05) is 17.1 Å². The van der Waals surface area contributed by atoms with Crippen LogP contribution in [0, 0.1) is 0 Å². The predicted octanol–water partition coefficient (Wildman–Crippen LogP) is 1.40. The van der Waals surface area contributed by atoms with Crippen molar-refractivity contribution < 1.29 is 19.2 Å². The molecule has 2 N–H and O–H groups in total. The molecule has 126 valence electrons. The third kappa shape index (κ3) is 4.40. The molecule has 0 aromatic heterocycles. The minimum Gasteiger partial charge on any atom is -0.454 e. The van der Waals surface area contributed by atoms with Crippen LogP contribution in [0.1, 0.15) is 11.1 Å². The van der Waals surface area contributed by atoms with Gasteiger partial charge in [-0.05, 0) is 29.8 Å². The molecule has 0 fully saturated rings. The van der Waals surface area contributed by atoms with E-state index in [1.807, 2.05) is 49.5 Å². The lowest BCUT2D eigenvalue weighted by atomic mass is 10.2. The first kappa shape index (κ1) is 16.6. The lowest BCUT2D eigenvalue weighted by Crippen LogP contribution is -3.08. The molecule has 2 aromatic rings. The predicted molar refractivity (Wildman–Crippen MR) is 91.3 cm³/mol. The zero-order chi connectivity index (χ0) is 16.9. The average molecular weight is 348 g/mol. The van der Waals surface area contributed by atoms with E-state index < -0.39 is 0 Å². The van der Waals surface area contributed by atoms with Gasteiger partial charge in [0.05, 0.1) is 7.05 Å². The molecule has 1 amide bonds. The van der Waals surface area contributed by atoms with Crippen LogP contribution < -0.4 is 19.7 Å². The van der Waals surface area contributed by atoms with E-state index in [0.29, 0.717) is 18.1 Å². The van der Waals surface area contributed by atoms with Gasteiger partial charge in [0.1, 0.15) is 6.54 Å². The van der Waals surface area contributed by atoms with Crippen molar-refractivity contribution in [2.24, 2.45) is 0 Å². The summed E-state index contributed by atoms with van der Waals surface area (Å²) >= 11 is 5.98. The fraction of sp³-hybridized carbons (Fsp3) is 0.278. The first-order chi connectivity index (χ1) is 11.6. The summed E-state index contributed by atoms with van der Waals surface area (Å²) in [7, 11) is 1.99. The highest BCUT2D eigenvalue weighted by Gasteiger charge is 2.14. The van der Waals surface area contributed by atoms with Crippen molar-refractivity contribution in [2.75, 3.05) is 20.4 Å². The topological polar surface area (TPSA) is 52.0 Å². The Morgan fingerprint density at radius 3 is 2.83 bits per heavy atom. The molecule has 6 heteroatoms. The number of fused-ring (bicyclic) bond motifs is 1. The lowest BCUT2D eigenvalue weighted by Gasteiger charge is -2.14. The number of nitrogens with one attached hydrogen (secondary N) is 2. The molecule has 0 spiro atoms. The Bertz CT molecular complexity index is 736. The third-order valence-corrected chi connectivity index (χ3v) is 4.02. The summed E-state index contributed by atoms with van der Waals surface area (Å²) in [6, 6.07) is 13.4. The molecular formula is C18H20ClN2O3+. The number of carbonyl (C=O) groups is 1. The van der Waals surface area contributed by atoms with Crippen molar-refractivity contribution in [1.82, 2.24) is 5.32 Å². The monoisotopic (exact) mass is 347 g/mol. The summed E-state index contributed by atoms with van der Waals surface area (Å²) in [6.07, 6.45) is 0. The van der Waals surface area contributed by atoms with Crippen LogP contribution in [-0.2, 0) is 17.9 Å². The van der Waals surface area contributed by atoms with Crippen molar-refractivity contribution in [1.29, 1.82) is 0 Å². The summed E-state index contributed by atoms with van der Waals surface area (Å²) in [6.45, 7) is 1.87. The number of quaternary nitrogens is 1. The Hall–Kier alpha value is -2.24. The molecule has 0 saturated heterocycles. The molecule has 0 bridgehead atoms. The van der Waals surface area contributed by atoms with Crippen molar-refractivity contribution in [2.45, 2.75) is 13.1 Å². The Balaban J connectivity index is 1.47. The number of hydrogen-bond acceptors (Lipinski definition) is 3. The Labute approximate surface area is 146 Å². The van der Waals surface area contributed by atoms with Gasteiger partial charge < -0.3 is 19.7 Å². The van der Waals surface area contributed by atoms with E-state index in [9.17, 15) is 4.79 Å². The van der Waals surface area contributed by atoms with Gasteiger partial charge in [0.25, 0.3) is 5.91 Å². The molecule has 0 aliphatic carbocycles. The smallest absolute Gasteiger partial charge is 0.275 e. The number of halogens is 1. The zero-order valence-corrected chi connectivity index (χ0v) is 14.2. The number of carbonyl (C=O) groups excluding carboxylic acids is 1. The van der Waals surface area contributed by atoms with Crippen LogP contribution in [0.4, 0.5) is 0 Å². The Morgan fingerprint density at radius 2 is 2.00 bits per heavy atom. The second-order valence-electron chi connectivity index (χ2n) is 5.90. The molecule has 0 radical (unpaired) electrons. The van der Waals surface area contributed by atoms with Gasteiger partial charge >= 0.3 is 0 Å². The fourth-order valence-corrected chi connectivity index (χ4v) is 2.86. The highest BCUT2D eigenvalue weighted by molar-refractivity contribution is 6.30. The molecule has 5 nitrogen and oxygen atoms in total. The summed E-state index contributed by atoms with van der Waals surface area (Å²) in [5.41, 5.74) is 2.10. The molecule has 3 rings (SSSR count). The number of rotatable bonds is 6. The van der Waals surface area contributed by atoms with Crippen LogP contribution >= 0.6 is 11.6 Å². The summed E-state index contributed by atoms with van der Waals surface area (Å²) < 4.78 is 10.6. The van der Waals surface area contributed by atoms with E-state index >= 15 is 0 Å². The normalized spacial score (nSPS) is 13.6. The van der Waals surface area contributed by atoms with Crippen molar-refractivity contribution in [3.05, 3.63) is 58.6 Å². The highest BCUT2D eigenvalue weighted by atomic mass is 35.5. The Kier molecular flexibility index (Phi) is 5.23. The van der Waals surface area contributed by atoms with Crippen molar-refractivity contribution in [3.63, 3.8) is 0 Å². The maximum absolute atomic E-state index is 12.1. The van der Waals surface area contributed by atoms with E-state index in [1.54, 1.807) is 0 Å². The number of benzene rings is 2. The first-order valence-corrected chi connectivity index (χ1v) is 8.19. The number of amides is 1. The summed E-state index contributed by atoms with van der Waals surface area (Å²) in [4.78, 5) is 13.2. The second-order valence-corrected chi connectivity index (χ2v) is 6.34. The number of likely N-dealkylation sites (N-methyl/N-ethyl adjacent to an activating group) is 1. The molecule has 1 aliphatic rings. The van der Waals surface area contributed by atoms with Crippen molar-refractivity contribution >= 4 is 17.5 Å². The van der Waals surface area contributed by atoms with E-state index in [2.05, 4.69) is 5.32 Å². The first-order valence-electron chi connectivity index (χ1n) is 7.81. The minimum absolute atomic E-state index is 0.00666. The number of hydrogen-bond donors (Lipinski definition) is 2. The lowest BCUT2D eigenvalue weighted by molar-refractivity contribution is -0.885. The summed E-state index contributed by atoms with van der Waals surface area (Å²) in [5.74, 6) is 1.48. The molecule has 1 unspecified atom stereocenters. The van der Waals surface area contributed by atoms with Crippen molar-refractivity contribution in [3.8, 4) is 11.5 Å². The molecule has 24 heavy (non-hydrogen) atoms. The average Bonchev–Trinajstić information content (AvgIpc) is 3.00. The third-order valence-electron chi connectivity index (χ3n) is 3.78. The van der Waals surface area contributed by atoms with Gasteiger partial charge in [0.15, 0.2) is 18.0 Å². The highest BCUT2D eigenvalue weighted by Crippen LogP contribution is 2.32. The maximum Gasteiger partial charge on any atom is 0.275 e. The zero-order valence-electron chi connectivity index (χ0n) is 13.5. The maximum atomic E-state index is 12.1. The van der Waals surface area contributed by atoms with Gasteiger partial charge in [-0.1, -0.05) is 29.8 Å². The van der Waals surface area contributed by atoms with Gasteiger partial charge in [0.2, 0.25) is 6.79 Å². The summed E-state index contributed by atoms with van der Waals surface area (Å²) in [5, 5.41) is 3.65. The van der Waals surface area contributed by atoms with Crippen LogP contribution in [0.15, 0.2) is 42.5 Å². The van der Waals surface area contributed by atoms with Gasteiger partial charge in [-0.3, -0.25) is 4.79 Å². The largest absolute Gasteiger partial charge is 0.454 e. The van der Waals surface area contributed by atoms with Gasteiger partial charge in [-0.25, -0.2) is 0 Å². The molecular weight excluding hydrogens is 328 g/mol. The molecule has 1 aliphatic heterocycles. The molecule has 0 saturated carbocycles.